The van der Waals surface area contributed by atoms with Gasteiger partial charge in [0.05, 0.1) is 0 Å². The first-order valence-corrected chi connectivity index (χ1v) is 6.66. The van der Waals surface area contributed by atoms with Crippen LogP contribution in [0, 0.1) is 0 Å². The molecule has 2 N–H and O–H groups in total. The number of benzene rings is 2. The number of hydrogen-bond acceptors (Lipinski definition) is 1. The van der Waals surface area contributed by atoms with Gasteiger partial charge in [0.2, 0.25) is 0 Å². The molecule has 94 valence electrons. The average Bonchev–Trinajstić information content (AvgIpc) is 2.46. The molecule has 0 aliphatic carbocycles. The van der Waals surface area contributed by atoms with E-state index >= 15 is 0 Å². The summed E-state index contributed by atoms with van der Waals surface area (Å²) in [6.07, 6.45) is 2.03. The highest BCUT2D eigenvalue weighted by molar-refractivity contribution is 5.32. The highest BCUT2D eigenvalue weighted by Crippen LogP contribution is 2.29. The standard InChI is InChI=1S/C17H21N/c1-2-16(18)13-17(14-9-5-3-6-10-14)15-11-7-4-8-12-15/h3-12,16-17H,2,13,18H2,1H3. The summed E-state index contributed by atoms with van der Waals surface area (Å²) in [6, 6.07) is 21.6. The predicted molar refractivity (Wildman–Crippen MR) is 77.6 cm³/mol. The van der Waals surface area contributed by atoms with E-state index in [1.54, 1.807) is 0 Å². The molecular formula is C17H21N. The summed E-state index contributed by atoms with van der Waals surface area (Å²) in [4.78, 5) is 0. The Morgan fingerprint density at radius 2 is 1.28 bits per heavy atom. The van der Waals surface area contributed by atoms with Gasteiger partial charge in [-0.25, -0.2) is 0 Å². The minimum absolute atomic E-state index is 0.260. The van der Waals surface area contributed by atoms with E-state index < -0.39 is 0 Å². The van der Waals surface area contributed by atoms with Crippen LogP contribution in [0.5, 0.6) is 0 Å². The molecule has 0 spiro atoms. The van der Waals surface area contributed by atoms with Gasteiger partial charge in [-0.05, 0) is 24.0 Å². The monoisotopic (exact) mass is 239 g/mol. The molecule has 1 heteroatoms. The molecule has 0 fully saturated rings. The number of rotatable bonds is 5. The molecule has 2 aromatic carbocycles. The fourth-order valence-corrected chi connectivity index (χ4v) is 2.30. The van der Waals surface area contributed by atoms with Crippen molar-refractivity contribution in [1.82, 2.24) is 0 Å². The third kappa shape index (κ3) is 3.21. The molecule has 2 rings (SSSR count). The van der Waals surface area contributed by atoms with Gasteiger partial charge in [0, 0.05) is 12.0 Å². The largest absolute Gasteiger partial charge is 0.328 e. The lowest BCUT2D eigenvalue weighted by Gasteiger charge is -2.21. The van der Waals surface area contributed by atoms with E-state index in [9.17, 15) is 0 Å². The normalized spacial score (nSPS) is 12.6. The first kappa shape index (κ1) is 12.8. The Kier molecular flexibility index (Phi) is 4.54. The maximum atomic E-state index is 6.15. The van der Waals surface area contributed by atoms with Crippen molar-refractivity contribution < 1.29 is 0 Å². The highest BCUT2D eigenvalue weighted by atomic mass is 14.6. The topological polar surface area (TPSA) is 26.0 Å². The first-order chi connectivity index (χ1) is 8.81. The van der Waals surface area contributed by atoms with E-state index in [-0.39, 0.29) is 6.04 Å². The van der Waals surface area contributed by atoms with E-state index in [1.807, 2.05) is 0 Å². The smallest absolute Gasteiger partial charge is 0.0104 e. The zero-order valence-corrected chi connectivity index (χ0v) is 10.9. The third-order valence-corrected chi connectivity index (χ3v) is 3.47. The SMILES string of the molecule is CCC(N)CC(c1ccccc1)c1ccccc1. The lowest BCUT2D eigenvalue weighted by Crippen LogP contribution is -2.22. The highest BCUT2D eigenvalue weighted by Gasteiger charge is 2.16. The second kappa shape index (κ2) is 6.36. The lowest BCUT2D eigenvalue weighted by molar-refractivity contribution is 0.555. The van der Waals surface area contributed by atoms with Gasteiger partial charge in [-0.3, -0.25) is 0 Å². The Labute approximate surface area is 110 Å². The second-order valence-electron chi connectivity index (χ2n) is 4.78. The van der Waals surface area contributed by atoms with Crippen LogP contribution in [-0.2, 0) is 0 Å². The molecule has 0 aliphatic heterocycles. The average molecular weight is 239 g/mol. The van der Waals surface area contributed by atoms with E-state index in [0.717, 1.165) is 12.8 Å². The fraction of sp³-hybridized carbons (Fsp3) is 0.294. The van der Waals surface area contributed by atoms with E-state index in [1.165, 1.54) is 11.1 Å². The molecule has 0 heterocycles. The minimum atomic E-state index is 0.260. The molecule has 0 aromatic heterocycles. The van der Waals surface area contributed by atoms with Crippen molar-refractivity contribution in [1.29, 1.82) is 0 Å². The molecule has 0 radical (unpaired) electrons. The number of nitrogens with two attached hydrogens (primary N) is 1. The fourth-order valence-electron chi connectivity index (χ4n) is 2.30. The van der Waals surface area contributed by atoms with Crippen LogP contribution < -0.4 is 5.73 Å². The van der Waals surface area contributed by atoms with Crippen molar-refractivity contribution >= 4 is 0 Å². The van der Waals surface area contributed by atoms with E-state index in [4.69, 9.17) is 5.73 Å². The van der Waals surface area contributed by atoms with Gasteiger partial charge < -0.3 is 5.73 Å². The summed E-state index contributed by atoms with van der Waals surface area (Å²) in [5.74, 6) is 0.405. The summed E-state index contributed by atoms with van der Waals surface area (Å²) in [7, 11) is 0. The van der Waals surface area contributed by atoms with Crippen LogP contribution in [0.15, 0.2) is 60.7 Å². The minimum Gasteiger partial charge on any atom is -0.328 e. The molecule has 1 unspecified atom stereocenters. The van der Waals surface area contributed by atoms with Gasteiger partial charge in [0.1, 0.15) is 0 Å². The van der Waals surface area contributed by atoms with Crippen molar-refractivity contribution in [3.05, 3.63) is 71.8 Å². The molecule has 1 nitrogen and oxygen atoms in total. The van der Waals surface area contributed by atoms with Crippen molar-refractivity contribution in [2.45, 2.75) is 31.7 Å². The lowest BCUT2D eigenvalue weighted by atomic mass is 9.85. The van der Waals surface area contributed by atoms with Gasteiger partial charge in [0.15, 0.2) is 0 Å². The molecule has 2 aromatic rings. The van der Waals surface area contributed by atoms with Crippen LogP contribution in [0.25, 0.3) is 0 Å². The van der Waals surface area contributed by atoms with Crippen molar-refractivity contribution in [2.24, 2.45) is 5.73 Å². The summed E-state index contributed by atoms with van der Waals surface area (Å²) in [5, 5.41) is 0. The molecule has 0 amide bonds. The second-order valence-corrected chi connectivity index (χ2v) is 4.78. The van der Waals surface area contributed by atoms with Gasteiger partial charge in [-0.1, -0.05) is 67.6 Å². The molecule has 0 bridgehead atoms. The van der Waals surface area contributed by atoms with Crippen LogP contribution >= 0.6 is 0 Å². The summed E-state index contributed by atoms with van der Waals surface area (Å²) in [5.41, 5.74) is 8.86. The Morgan fingerprint density at radius 1 is 0.833 bits per heavy atom. The third-order valence-electron chi connectivity index (χ3n) is 3.47. The maximum Gasteiger partial charge on any atom is 0.0104 e. The predicted octanol–water partition coefficient (Wildman–Crippen LogP) is 3.95. The van der Waals surface area contributed by atoms with Crippen LogP contribution in [0.3, 0.4) is 0 Å². The molecule has 18 heavy (non-hydrogen) atoms. The molecule has 0 aliphatic rings. The summed E-state index contributed by atoms with van der Waals surface area (Å²) in [6.45, 7) is 2.15. The van der Waals surface area contributed by atoms with Gasteiger partial charge >= 0.3 is 0 Å². The van der Waals surface area contributed by atoms with Gasteiger partial charge in [-0.15, -0.1) is 0 Å². The van der Waals surface area contributed by atoms with Crippen LogP contribution in [0.4, 0.5) is 0 Å². The molecule has 0 saturated carbocycles. The molecule has 0 saturated heterocycles. The maximum absolute atomic E-state index is 6.15. The van der Waals surface area contributed by atoms with E-state index in [0.29, 0.717) is 5.92 Å². The Hall–Kier alpha value is -1.60. The Bertz CT molecular complexity index is 410. The van der Waals surface area contributed by atoms with Crippen LogP contribution in [0.2, 0.25) is 0 Å². The van der Waals surface area contributed by atoms with Crippen molar-refractivity contribution in [2.75, 3.05) is 0 Å². The van der Waals surface area contributed by atoms with Crippen molar-refractivity contribution in [3.8, 4) is 0 Å². The summed E-state index contributed by atoms with van der Waals surface area (Å²) < 4.78 is 0. The quantitative estimate of drug-likeness (QED) is 0.840. The Balaban J connectivity index is 2.29. The van der Waals surface area contributed by atoms with Crippen LogP contribution in [-0.4, -0.2) is 6.04 Å². The van der Waals surface area contributed by atoms with Gasteiger partial charge in [0.25, 0.3) is 0 Å². The molecule has 1 atom stereocenters. The first-order valence-electron chi connectivity index (χ1n) is 6.66. The Morgan fingerprint density at radius 3 is 1.67 bits per heavy atom. The molecular weight excluding hydrogens is 218 g/mol. The zero-order chi connectivity index (χ0) is 12.8. The van der Waals surface area contributed by atoms with Gasteiger partial charge in [-0.2, -0.15) is 0 Å². The zero-order valence-electron chi connectivity index (χ0n) is 10.9. The van der Waals surface area contributed by atoms with E-state index in [2.05, 4.69) is 67.6 Å². The number of hydrogen-bond donors (Lipinski definition) is 1. The van der Waals surface area contributed by atoms with Crippen molar-refractivity contribution in [3.63, 3.8) is 0 Å². The summed E-state index contributed by atoms with van der Waals surface area (Å²) >= 11 is 0. The van der Waals surface area contributed by atoms with Crippen LogP contribution in [0.1, 0.15) is 36.8 Å².